The lowest BCUT2D eigenvalue weighted by atomic mass is 10.3. The summed E-state index contributed by atoms with van der Waals surface area (Å²) in [6.07, 6.45) is 1.14. The molecule has 7 nitrogen and oxygen atoms in total. The Balaban J connectivity index is 2.19. The maximum Gasteiger partial charge on any atom is 0.311 e. The molecular formula is C9H6ClN3O4. The Morgan fingerprint density at radius 2 is 2.35 bits per heavy atom. The van der Waals surface area contributed by atoms with Crippen LogP contribution in [0.15, 0.2) is 29.1 Å². The van der Waals surface area contributed by atoms with Crippen LogP contribution in [0.3, 0.4) is 0 Å². The molecule has 0 atom stereocenters. The number of hydrogen-bond acceptors (Lipinski definition) is 6. The van der Waals surface area contributed by atoms with E-state index in [1.807, 2.05) is 0 Å². The highest BCUT2D eigenvalue weighted by Gasteiger charge is 2.16. The van der Waals surface area contributed by atoms with Crippen molar-refractivity contribution in [3.63, 3.8) is 0 Å². The van der Waals surface area contributed by atoms with Crippen LogP contribution in [0.2, 0.25) is 5.02 Å². The van der Waals surface area contributed by atoms with Crippen LogP contribution in [0.5, 0.6) is 5.75 Å². The van der Waals surface area contributed by atoms with E-state index in [4.69, 9.17) is 16.3 Å². The van der Waals surface area contributed by atoms with Crippen LogP contribution in [-0.2, 0) is 6.61 Å². The Bertz CT molecular complexity index is 529. The van der Waals surface area contributed by atoms with Crippen molar-refractivity contribution < 1.29 is 14.2 Å². The minimum atomic E-state index is -0.554. The number of hydrogen-bond donors (Lipinski definition) is 0. The average Bonchev–Trinajstić information content (AvgIpc) is 2.78. The number of ether oxygens (including phenoxy) is 1. The number of nitrogens with zero attached hydrogens (tertiary/aromatic N) is 3. The van der Waals surface area contributed by atoms with E-state index in [0.717, 1.165) is 6.39 Å². The molecule has 0 aliphatic carbocycles. The molecule has 1 aromatic carbocycles. The number of nitro benzene ring substituents is 1. The molecule has 88 valence electrons. The largest absolute Gasteiger partial charge is 0.478 e. The molecule has 0 radical (unpaired) electrons. The van der Waals surface area contributed by atoms with Crippen molar-refractivity contribution in [3.8, 4) is 5.75 Å². The zero-order valence-electron chi connectivity index (χ0n) is 8.37. The molecule has 1 heterocycles. The maximum atomic E-state index is 10.7. The van der Waals surface area contributed by atoms with Crippen LogP contribution < -0.4 is 4.74 Å². The van der Waals surface area contributed by atoms with E-state index in [0.29, 0.717) is 10.8 Å². The van der Waals surface area contributed by atoms with Crippen LogP contribution in [0.25, 0.3) is 0 Å². The van der Waals surface area contributed by atoms with Gasteiger partial charge in [-0.1, -0.05) is 16.8 Å². The van der Waals surface area contributed by atoms with Gasteiger partial charge in [-0.25, -0.2) is 0 Å². The third-order valence-corrected chi connectivity index (χ3v) is 2.12. The molecule has 0 saturated carbocycles. The fourth-order valence-electron chi connectivity index (χ4n) is 1.15. The zero-order chi connectivity index (χ0) is 12.3. The molecule has 0 aliphatic rings. The molecule has 17 heavy (non-hydrogen) atoms. The summed E-state index contributed by atoms with van der Waals surface area (Å²) in [6.45, 7) is -0.0301. The van der Waals surface area contributed by atoms with Crippen LogP contribution in [-0.4, -0.2) is 15.1 Å². The van der Waals surface area contributed by atoms with E-state index in [-0.39, 0.29) is 18.0 Å². The molecular weight excluding hydrogens is 250 g/mol. The molecule has 0 fully saturated rings. The number of aromatic nitrogens is 2. The van der Waals surface area contributed by atoms with Crippen molar-refractivity contribution >= 4 is 17.3 Å². The first kappa shape index (κ1) is 11.3. The molecule has 0 saturated heterocycles. The molecule has 8 heteroatoms. The first-order valence-corrected chi connectivity index (χ1v) is 4.86. The summed E-state index contributed by atoms with van der Waals surface area (Å²) in [5.41, 5.74) is -0.169. The SMILES string of the molecule is O=[N+]([O-])c1ccc(Cl)cc1OCc1ncon1. The smallest absolute Gasteiger partial charge is 0.311 e. The van der Waals surface area contributed by atoms with Gasteiger partial charge in [-0.05, 0) is 6.07 Å². The van der Waals surface area contributed by atoms with Crippen molar-refractivity contribution in [2.45, 2.75) is 6.61 Å². The molecule has 0 spiro atoms. The van der Waals surface area contributed by atoms with E-state index in [1.165, 1.54) is 18.2 Å². The highest BCUT2D eigenvalue weighted by Crippen LogP contribution is 2.30. The Kier molecular flexibility index (Phi) is 3.20. The van der Waals surface area contributed by atoms with E-state index in [1.54, 1.807) is 0 Å². The van der Waals surface area contributed by atoms with Crippen molar-refractivity contribution in [1.29, 1.82) is 0 Å². The topological polar surface area (TPSA) is 91.3 Å². The second-order valence-electron chi connectivity index (χ2n) is 3.01. The van der Waals surface area contributed by atoms with E-state index in [9.17, 15) is 10.1 Å². The van der Waals surface area contributed by atoms with E-state index < -0.39 is 4.92 Å². The van der Waals surface area contributed by atoms with Gasteiger partial charge in [0.2, 0.25) is 12.2 Å². The van der Waals surface area contributed by atoms with Gasteiger partial charge in [0.25, 0.3) is 0 Å². The summed E-state index contributed by atoms with van der Waals surface area (Å²) in [5, 5.41) is 14.6. The minimum Gasteiger partial charge on any atom is -0.478 e. The van der Waals surface area contributed by atoms with Crippen LogP contribution in [0.1, 0.15) is 5.82 Å². The summed E-state index contributed by atoms with van der Waals surface area (Å²) in [5.74, 6) is 0.353. The molecule has 0 N–H and O–H groups in total. The Labute approximate surface area is 100 Å². The number of benzene rings is 1. The minimum absolute atomic E-state index is 0.0301. The first-order chi connectivity index (χ1) is 8.16. The maximum absolute atomic E-state index is 10.7. The van der Waals surface area contributed by atoms with E-state index in [2.05, 4.69) is 14.7 Å². The third-order valence-electron chi connectivity index (χ3n) is 1.88. The lowest BCUT2D eigenvalue weighted by molar-refractivity contribution is -0.385. The van der Waals surface area contributed by atoms with Gasteiger partial charge < -0.3 is 9.26 Å². The van der Waals surface area contributed by atoms with Crippen molar-refractivity contribution in [1.82, 2.24) is 10.1 Å². The second-order valence-corrected chi connectivity index (χ2v) is 3.44. The molecule has 0 unspecified atom stereocenters. The highest BCUT2D eigenvalue weighted by atomic mass is 35.5. The third kappa shape index (κ3) is 2.70. The number of nitro groups is 1. The van der Waals surface area contributed by atoms with Crippen LogP contribution >= 0.6 is 11.6 Å². The van der Waals surface area contributed by atoms with Gasteiger partial charge >= 0.3 is 5.69 Å². The molecule has 2 rings (SSSR count). The Morgan fingerprint density at radius 3 is 3.00 bits per heavy atom. The highest BCUT2D eigenvalue weighted by molar-refractivity contribution is 6.30. The summed E-state index contributed by atoms with van der Waals surface area (Å²) in [6, 6.07) is 4.05. The molecule has 0 bridgehead atoms. The average molecular weight is 256 g/mol. The van der Waals surface area contributed by atoms with E-state index >= 15 is 0 Å². The van der Waals surface area contributed by atoms with Gasteiger partial charge in [0.05, 0.1) is 4.92 Å². The molecule has 2 aromatic rings. The van der Waals surface area contributed by atoms with Gasteiger partial charge in [0.1, 0.15) is 0 Å². The van der Waals surface area contributed by atoms with Gasteiger partial charge in [0, 0.05) is 17.2 Å². The summed E-state index contributed by atoms with van der Waals surface area (Å²) in [7, 11) is 0. The Morgan fingerprint density at radius 1 is 1.53 bits per heavy atom. The molecule has 0 aliphatic heterocycles. The van der Waals surface area contributed by atoms with Crippen LogP contribution in [0.4, 0.5) is 5.69 Å². The van der Waals surface area contributed by atoms with Gasteiger partial charge in [-0.15, -0.1) is 0 Å². The lowest BCUT2D eigenvalue weighted by Crippen LogP contribution is -2.00. The molecule has 0 amide bonds. The van der Waals surface area contributed by atoms with Crippen molar-refractivity contribution in [3.05, 3.63) is 45.6 Å². The van der Waals surface area contributed by atoms with Gasteiger partial charge in [-0.2, -0.15) is 4.98 Å². The quantitative estimate of drug-likeness (QED) is 0.614. The van der Waals surface area contributed by atoms with Crippen molar-refractivity contribution in [2.75, 3.05) is 0 Å². The van der Waals surface area contributed by atoms with Crippen LogP contribution in [0, 0.1) is 10.1 Å². The second kappa shape index (κ2) is 4.79. The Hall–Kier alpha value is -2.15. The summed E-state index contributed by atoms with van der Waals surface area (Å²) >= 11 is 5.73. The van der Waals surface area contributed by atoms with Gasteiger partial charge in [0.15, 0.2) is 12.4 Å². The van der Waals surface area contributed by atoms with Gasteiger partial charge in [-0.3, -0.25) is 10.1 Å². The number of halogens is 1. The molecule has 1 aromatic heterocycles. The fraction of sp³-hybridized carbons (Fsp3) is 0.111. The predicted octanol–water partition coefficient (Wildman–Crippen LogP) is 2.21. The first-order valence-electron chi connectivity index (χ1n) is 4.49. The summed E-state index contributed by atoms with van der Waals surface area (Å²) in [4.78, 5) is 13.9. The predicted molar refractivity (Wildman–Crippen MR) is 56.7 cm³/mol. The lowest BCUT2D eigenvalue weighted by Gasteiger charge is -2.04. The standard InChI is InChI=1S/C9H6ClN3O4/c10-6-1-2-7(13(14)15)8(3-6)16-4-9-11-5-17-12-9/h1-3,5H,4H2. The van der Waals surface area contributed by atoms with Crippen molar-refractivity contribution in [2.24, 2.45) is 0 Å². The zero-order valence-corrected chi connectivity index (χ0v) is 9.13. The number of rotatable bonds is 4. The fourth-order valence-corrected chi connectivity index (χ4v) is 1.31. The monoisotopic (exact) mass is 255 g/mol. The normalized spacial score (nSPS) is 10.2. The summed E-state index contributed by atoms with van der Waals surface area (Å²) < 4.78 is 9.72.